The zero-order valence-corrected chi connectivity index (χ0v) is 18.0. The van der Waals surface area contributed by atoms with Gasteiger partial charge < -0.3 is 0 Å². The molecule has 29 heavy (non-hydrogen) atoms. The Morgan fingerprint density at radius 2 is 1.45 bits per heavy atom. The Labute approximate surface area is 181 Å². The van der Waals surface area contributed by atoms with E-state index in [1.165, 1.54) is 10.8 Å². The molecule has 140 valence electrons. The van der Waals surface area contributed by atoms with Gasteiger partial charge in [0.15, 0.2) is 0 Å². The molecule has 0 bridgehead atoms. The summed E-state index contributed by atoms with van der Waals surface area (Å²) in [5, 5.41) is 7.63. The van der Waals surface area contributed by atoms with Crippen LogP contribution >= 0.6 is 27.3 Å². The monoisotopic (exact) mass is 457 g/mol. The molecule has 5 rings (SSSR count). The summed E-state index contributed by atoms with van der Waals surface area (Å²) in [5.41, 5.74) is 1.77. The van der Waals surface area contributed by atoms with Gasteiger partial charge in [0, 0.05) is 50.8 Å². The van der Waals surface area contributed by atoms with Crippen molar-refractivity contribution in [3.63, 3.8) is 0 Å². The molecule has 0 unspecified atom stereocenters. The SMILES string of the molecule is Brc1cncc2ccccc12.Cc1nc(C#Cc2cncc3ccccc23)cs1. The summed E-state index contributed by atoms with van der Waals surface area (Å²) in [6, 6.07) is 16.3. The van der Waals surface area contributed by atoms with Crippen molar-refractivity contribution in [3.05, 3.63) is 99.4 Å². The number of hydrogen-bond donors (Lipinski definition) is 0. The molecule has 3 aromatic heterocycles. The Morgan fingerprint density at radius 3 is 2.14 bits per heavy atom. The van der Waals surface area contributed by atoms with Gasteiger partial charge in [0.05, 0.1) is 10.6 Å². The minimum absolute atomic E-state index is 0.824. The van der Waals surface area contributed by atoms with E-state index in [4.69, 9.17) is 0 Å². The third kappa shape index (κ3) is 4.68. The van der Waals surface area contributed by atoms with Gasteiger partial charge in [-0.2, -0.15) is 0 Å². The Morgan fingerprint density at radius 1 is 0.793 bits per heavy atom. The van der Waals surface area contributed by atoms with Crippen LogP contribution in [0.2, 0.25) is 0 Å². The van der Waals surface area contributed by atoms with Gasteiger partial charge in [-0.05, 0) is 34.2 Å². The maximum atomic E-state index is 4.33. The smallest absolute Gasteiger partial charge is 0.124 e. The highest BCUT2D eigenvalue weighted by molar-refractivity contribution is 9.10. The molecule has 0 amide bonds. The van der Waals surface area contributed by atoms with Crippen LogP contribution in [0, 0.1) is 18.8 Å². The van der Waals surface area contributed by atoms with Gasteiger partial charge in [0.25, 0.3) is 0 Å². The molecule has 0 aliphatic heterocycles. The Balaban J connectivity index is 0.000000159. The molecule has 0 fully saturated rings. The second-order valence-corrected chi connectivity index (χ2v) is 8.17. The molecule has 0 N–H and O–H groups in total. The van der Waals surface area contributed by atoms with Crippen molar-refractivity contribution < 1.29 is 0 Å². The van der Waals surface area contributed by atoms with Gasteiger partial charge in [0.1, 0.15) is 5.69 Å². The van der Waals surface area contributed by atoms with E-state index in [1.807, 2.05) is 67.3 Å². The van der Waals surface area contributed by atoms with Gasteiger partial charge in [0.2, 0.25) is 0 Å². The summed E-state index contributed by atoms with van der Waals surface area (Å²) in [7, 11) is 0. The molecule has 5 heteroatoms. The van der Waals surface area contributed by atoms with Crippen LogP contribution in [-0.2, 0) is 0 Å². The predicted molar refractivity (Wildman–Crippen MR) is 124 cm³/mol. The first-order valence-corrected chi connectivity index (χ1v) is 10.6. The summed E-state index contributed by atoms with van der Waals surface area (Å²) in [6.07, 6.45) is 7.32. The fraction of sp³-hybridized carbons (Fsp3) is 0.0417. The highest BCUT2D eigenvalue weighted by atomic mass is 79.9. The summed E-state index contributed by atoms with van der Waals surface area (Å²) in [4.78, 5) is 12.6. The van der Waals surface area contributed by atoms with Crippen LogP contribution in [0.4, 0.5) is 0 Å². The standard InChI is InChI=1S/C15H10N2S.C9H6BrN/c1-11-17-14(10-18-11)7-6-13-9-16-8-12-4-2-3-5-15(12)13;10-9-6-11-5-7-3-1-2-4-8(7)9/h2-5,8-10H,1H3;1-6H. The van der Waals surface area contributed by atoms with Crippen LogP contribution in [0.3, 0.4) is 0 Å². The average Bonchev–Trinajstić information content (AvgIpc) is 3.18. The predicted octanol–water partition coefficient (Wildman–Crippen LogP) is 6.40. The van der Waals surface area contributed by atoms with Crippen molar-refractivity contribution in [3.8, 4) is 11.8 Å². The zero-order chi connectivity index (χ0) is 20.1. The maximum Gasteiger partial charge on any atom is 0.124 e. The average molecular weight is 458 g/mol. The van der Waals surface area contributed by atoms with Gasteiger partial charge in [-0.1, -0.05) is 54.5 Å². The highest BCUT2D eigenvalue weighted by Gasteiger charge is 1.98. The van der Waals surface area contributed by atoms with Crippen LogP contribution in [0.15, 0.2) is 83.2 Å². The van der Waals surface area contributed by atoms with Crippen molar-refractivity contribution in [2.24, 2.45) is 0 Å². The lowest BCUT2D eigenvalue weighted by Gasteiger charge is -1.98. The third-order valence-corrected chi connectivity index (χ3v) is 5.64. The second-order valence-electron chi connectivity index (χ2n) is 6.25. The summed E-state index contributed by atoms with van der Waals surface area (Å²) in [6.45, 7) is 1.98. The molecule has 5 aromatic rings. The lowest BCUT2D eigenvalue weighted by atomic mass is 10.1. The van der Waals surface area contributed by atoms with E-state index >= 15 is 0 Å². The minimum Gasteiger partial charge on any atom is -0.263 e. The van der Waals surface area contributed by atoms with Crippen molar-refractivity contribution >= 4 is 48.8 Å². The molecule has 0 spiro atoms. The van der Waals surface area contributed by atoms with Crippen molar-refractivity contribution in [2.75, 3.05) is 0 Å². The summed E-state index contributed by atoms with van der Waals surface area (Å²) >= 11 is 5.05. The lowest BCUT2D eigenvalue weighted by molar-refractivity contribution is 1.27. The number of pyridine rings is 2. The lowest BCUT2D eigenvalue weighted by Crippen LogP contribution is -1.82. The topological polar surface area (TPSA) is 38.7 Å². The van der Waals surface area contributed by atoms with Crippen LogP contribution in [0.25, 0.3) is 21.5 Å². The van der Waals surface area contributed by atoms with Crippen LogP contribution in [0.1, 0.15) is 16.3 Å². The van der Waals surface area contributed by atoms with Crippen LogP contribution in [-0.4, -0.2) is 15.0 Å². The van der Waals surface area contributed by atoms with Crippen molar-refractivity contribution in [1.82, 2.24) is 15.0 Å². The fourth-order valence-electron chi connectivity index (χ4n) is 2.85. The Hall–Kier alpha value is -3.07. The first-order valence-electron chi connectivity index (χ1n) is 8.96. The quantitative estimate of drug-likeness (QED) is 0.252. The van der Waals surface area contributed by atoms with Crippen molar-refractivity contribution in [1.29, 1.82) is 0 Å². The molecule has 2 aromatic carbocycles. The van der Waals surface area contributed by atoms with Crippen LogP contribution in [0.5, 0.6) is 0 Å². The number of aromatic nitrogens is 3. The van der Waals surface area contributed by atoms with Crippen molar-refractivity contribution in [2.45, 2.75) is 6.92 Å². The summed E-state index contributed by atoms with van der Waals surface area (Å²) in [5.74, 6) is 6.23. The van der Waals surface area contributed by atoms with E-state index in [1.54, 1.807) is 17.5 Å². The van der Waals surface area contributed by atoms with E-state index < -0.39 is 0 Å². The van der Waals surface area contributed by atoms with Gasteiger partial charge in [-0.25, -0.2) is 4.98 Å². The van der Waals surface area contributed by atoms with E-state index in [9.17, 15) is 0 Å². The van der Waals surface area contributed by atoms with Gasteiger partial charge >= 0.3 is 0 Å². The number of aryl methyl sites for hydroxylation is 1. The van der Waals surface area contributed by atoms with E-state index in [-0.39, 0.29) is 0 Å². The van der Waals surface area contributed by atoms with Gasteiger partial charge in [-0.3, -0.25) is 9.97 Å². The number of fused-ring (bicyclic) bond motifs is 2. The maximum absolute atomic E-state index is 4.33. The largest absolute Gasteiger partial charge is 0.263 e. The van der Waals surface area contributed by atoms with E-state index in [0.29, 0.717) is 0 Å². The molecule has 0 radical (unpaired) electrons. The van der Waals surface area contributed by atoms with E-state index in [2.05, 4.69) is 54.9 Å². The zero-order valence-electron chi connectivity index (χ0n) is 15.6. The van der Waals surface area contributed by atoms with Crippen LogP contribution < -0.4 is 0 Å². The van der Waals surface area contributed by atoms with E-state index in [0.717, 1.165) is 31.5 Å². The number of thiazole rings is 1. The number of halogens is 1. The molecule has 0 aliphatic rings. The number of rotatable bonds is 0. The highest BCUT2D eigenvalue weighted by Crippen LogP contribution is 2.21. The Kier molecular flexibility index (Phi) is 5.95. The molecule has 0 atom stereocenters. The fourth-order valence-corrected chi connectivity index (χ4v) is 3.87. The number of benzene rings is 2. The molecule has 0 saturated heterocycles. The summed E-state index contributed by atoms with van der Waals surface area (Å²) < 4.78 is 1.05. The molecular weight excluding hydrogens is 442 g/mol. The third-order valence-electron chi connectivity index (χ3n) is 4.23. The second kappa shape index (κ2) is 8.95. The number of nitrogens with zero attached hydrogens (tertiary/aromatic N) is 3. The minimum atomic E-state index is 0.824. The van der Waals surface area contributed by atoms with Gasteiger partial charge in [-0.15, -0.1) is 11.3 Å². The molecule has 3 heterocycles. The first kappa shape index (κ1) is 19.3. The number of hydrogen-bond acceptors (Lipinski definition) is 4. The normalized spacial score (nSPS) is 10.1. The molecule has 0 aliphatic carbocycles. The Bertz CT molecular complexity index is 1340. The first-order chi connectivity index (χ1) is 14.2. The molecular formula is C24H16BrN3S. The molecule has 0 saturated carbocycles. The molecule has 3 nitrogen and oxygen atoms in total.